The first-order valence-electron chi connectivity index (χ1n) is 13.2. The van der Waals surface area contributed by atoms with E-state index < -0.39 is 0 Å². The topological polar surface area (TPSA) is 43.7 Å². The number of allylic oxidation sites excluding steroid dienone is 2. The van der Waals surface area contributed by atoms with Crippen LogP contribution in [0.1, 0.15) is 99.3 Å². The Hall–Kier alpha value is -0.640. The number of aliphatic hydroxyl groups is 2. The minimum absolute atomic E-state index is 0.205. The monoisotopic (exact) mass is 433 g/mol. The third kappa shape index (κ3) is 8.33. The van der Waals surface area contributed by atoms with E-state index in [0.29, 0.717) is 29.8 Å². The summed E-state index contributed by atoms with van der Waals surface area (Å²) in [5.74, 6) is 1.83. The molecule has 1 saturated carbocycles. The Bertz CT molecular complexity index is 559. The lowest BCUT2D eigenvalue weighted by atomic mass is 9.88. The van der Waals surface area contributed by atoms with Crippen molar-refractivity contribution in [2.45, 2.75) is 124 Å². The molecule has 31 heavy (non-hydrogen) atoms. The Morgan fingerprint density at radius 2 is 1.81 bits per heavy atom. The van der Waals surface area contributed by atoms with Crippen molar-refractivity contribution in [3.05, 3.63) is 23.8 Å². The average Bonchev–Trinajstić information content (AvgIpc) is 3.20. The van der Waals surface area contributed by atoms with Gasteiger partial charge in [-0.25, -0.2) is 0 Å². The van der Waals surface area contributed by atoms with Gasteiger partial charge in [-0.3, -0.25) is 4.90 Å². The molecule has 1 fully saturated rings. The second kappa shape index (κ2) is 13.2. The van der Waals surface area contributed by atoms with E-state index in [9.17, 15) is 10.2 Å². The highest BCUT2D eigenvalue weighted by Crippen LogP contribution is 2.48. The fourth-order valence-electron chi connectivity index (χ4n) is 5.97. The largest absolute Gasteiger partial charge is 0.392 e. The zero-order chi connectivity index (χ0) is 23.0. The van der Waals surface area contributed by atoms with E-state index in [2.05, 4.69) is 58.6 Å². The normalized spacial score (nSPS) is 28.2. The molecule has 0 aromatic rings. The lowest BCUT2D eigenvalue weighted by molar-refractivity contribution is 0.139. The van der Waals surface area contributed by atoms with Crippen LogP contribution >= 0.6 is 0 Å². The number of rotatable bonds is 14. The van der Waals surface area contributed by atoms with Crippen molar-refractivity contribution >= 4 is 0 Å². The highest BCUT2D eigenvalue weighted by molar-refractivity contribution is 5.21. The van der Waals surface area contributed by atoms with Gasteiger partial charge in [0.05, 0.1) is 12.2 Å². The second-order valence-electron chi connectivity index (χ2n) is 11.1. The molecule has 2 N–H and O–H groups in total. The Balaban J connectivity index is 1.77. The van der Waals surface area contributed by atoms with Gasteiger partial charge in [-0.1, -0.05) is 56.9 Å². The number of hydrogen-bond acceptors (Lipinski definition) is 3. The Morgan fingerprint density at radius 1 is 1.10 bits per heavy atom. The van der Waals surface area contributed by atoms with Gasteiger partial charge < -0.3 is 10.2 Å². The highest BCUT2D eigenvalue weighted by Gasteiger charge is 2.43. The molecule has 0 aromatic heterocycles. The van der Waals surface area contributed by atoms with E-state index in [1.807, 2.05) is 6.08 Å². The molecule has 0 heterocycles. The van der Waals surface area contributed by atoms with Crippen LogP contribution in [-0.4, -0.2) is 45.9 Å². The Labute approximate surface area is 193 Å². The molecule has 0 saturated heterocycles. The first-order valence-corrected chi connectivity index (χ1v) is 13.2. The summed E-state index contributed by atoms with van der Waals surface area (Å²) in [5.41, 5.74) is 1.61. The van der Waals surface area contributed by atoms with Crippen LogP contribution in [0.4, 0.5) is 0 Å². The van der Waals surface area contributed by atoms with Crippen molar-refractivity contribution in [3.63, 3.8) is 0 Å². The van der Waals surface area contributed by atoms with Gasteiger partial charge in [0.25, 0.3) is 0 Å². The van der Waals surface area contributed by atoms with Gasteiger partial charge in [-0.2, -0.15) is 0 Å². The molecular weight excluding hydrogens is 382 g/mol. The van der Waals surface area contributed by atoms with E-state index in [1.54, 1.807) is 5.57 Å². The summed E-state index contributed by atoms with van der Waals surface area (Å²) in [6.07, 6.45) is 16.2. The first kappa shape index (κ1) is 26.6. The molecule has 2 rings (SSSR count). The second-order valence-corrected chi connectivity index (χ2v) is 11.1. The van der Waals surface area contributed by atoms with Crippen LogP contribution in [0.15, 0.2) is 23.8 Å². The maximum Gasteiger partial charge on any atom is 0.0723 e. The molecule has 0 unspecified atom stereocenters. The summed E-state index contributed by atoms with van der Waals surface area (Å²) in [6, 6.07) is 1.23. The molecule has 0 aliphatic heterocycles. The Morgan fingerprint density at radius 3 is 2.45 bits per heavy atom. The van der Waals surface area contributed by atoms with Crippen LogP contribution in [0.5, 0.6) is 0 Å². The zero-order valence-corrected chi connectivity index (χ0v) is 21.3. The van der Waals surface area contributed by atoms with Crippen molar-refractivity contribution in [2.24, 2.45) is 23.7 Å². The van der Waals surface area contributed by atoms with Gasteiger partial charge in [-0.05, 0) is 90.5 Å². The van der Waals surface area contributed by atoms with Gasteiger partial charge >= 0.3 is 0 Å². The average molecular weight is 434 g/mol. The van der Waals surface area contributed by atoms with Gasteiger partial charge in [0.1, 0.15) is 0 Å². The maximum atomic E-state index is 10.6. The van der Waals surface area contributed by atoms with E-state index in [1.165, 1.54) is 45.1 Å². The molecule has 6 atom stereocenters. The molecule has 180 valence electrons. The predicted molar refractivity (Wildman–Crippen MR) is 133 cm³/mol. The summed E-state index contributed by atoms with van der Waals surface area (Å²) in [5, 5.41) is 21.0. The van der Waals surface area contributed by atoms with Gasteiger partial charge in [0.2, 0.25) is 0 Å². The molecule has 2 aliphatic carbocycles. The van der Waals surface area contributed by atoms with Gasteiger partial charge in [-0.15, -0.1) is 0 Å². The molecule has 0 amide bonds. The number of fused-ring (bicyclic) bond motifs is 1. The number of unbranched alkanes of at least 4 members (excludes halogenated alkanes) is 2. The molecule has 3 heteroatoms. The molecule has 0 radical (unpaired) electrons. The van der Waals surface area contributed by atoms with Crippen LogP contribution in [0.25, 0.3) is 0 Å². The summed E-state index contributed by atoms with van der Waals surface area (Å²) in [6.45, 7) is 14.8. The fourth-order valence-corrected chi connectivity index (χ4v) is 5.97. The zero-order valence-electron chi connectivity index (χ0n) is 21.3. The van der Waals surface area contributed by atoms with Crippen LogP contribution in [0.3, 0.4) is 0 Å². The van der Waals surface area contributed by atoms with Crippen molar-refractivity contribution in [1.82, 2.24) is 4.90 Å². The van der Waals surface area contributed by atoms with E-state index in [-0.39, 0.29) is 18.1 Å². The van der Waals surface area contributed by atoms with Crippen LogP contribution in [0, 0.1) is 23.7 Å². The molecule has 0 aromatic carbocycles. The molecule has 2 aliphatic rings. The number of hydrogen-bond donors (Lipinski definition) is 2. The van der Waals surface area contributed by atoms with Crippen LogP contribution in [-0.2, 0) is 0 Å². The van der Waals surface area contributed by atoms with E-state index >= 15 is 0 Å². The third-order valence-corrected chi connectivity index (χ3v) is 7.69. The van der Waals surface area contributed by atoms with E-state index in [4.69, 9.17) is 0 Å². The number of aliphatic hydroxyl groups excluding tert-OH is 2. The van der Waals surface area contributed by atoms with Crippen molar-refractivity contribution in [1.29, 1.82) is 0 Å². The maximum absolute atomic E-state index is 10.6. The highest BCUT2D eigenvalue weighted by atomic mass is 16.3. The number of nitrogens with zero attached hydrogens (tertiary/aromatic N) is 1. The predicted octanol–water partition coefficient (Wildman–Crippen LogP) is 6.35. The van der Waals surface area contributed by atoms with Crippen molar-refractivity contribution < 1.29 is 10.2 Å². The van der Waals surface area contributed by atoms with E-state index in [0.717, 1.165) is 19.3 Å². The van der Waals surface area contributed by atoms with Crippen molar-refractivity contribution in [2.75, 3.05) is 6.54 Å². The lowest BCUT2D eigenvalue weighted by Crippen LogP contribution is -2.37. The molecule has 3 nitrogen and oxygen atoms in total. The third-order valence-electron chi connectivity index (χ3n) is 7.69. The lowest BCUT2D eigenvalue weighted by Gasteiger charge is -2.30. The summed E-state index contributed by atoms with van der Waals surface area (Å²) >= 11 is 0. The smallest absolute Gasteiger partial charge is 0.0723 e. The summed E-state index contributed by atoms with van der Waals surface area (Å²) in [4.78, 5) is 2.59. The minimum Gasteiger partial charge on any atom is -0.392 e. The fraction of sp³-hybridized carbons (Fsp3) is 0.857. The van der Waals surface area contributed by atoms with Crippen LogP contribution < -0.4 is 0 Å². The molecular formula is C28H51NO2. The van der Waals surface area contributed by atoms with Gasteiger partial charge in [0.15, 0.2) is 0 Å². The van der Waals surface area contributed by atoms with Gasteiger partial charge in [0, 0.05) is 18.0 Å². The SMILES string of the molecule is CCCC[C@H](C)C[C@H](O)/C=C/[C@@H]1[C@H]2CC(CCCCN(C(C)C)C(C)C)=C[C@H]2C[C@H]1O. The summed E-state index contributed by atoms with van der Waals surface area (Å²) < 4.78 is 0. The molecule has 0 spiro atoms. The minimum atomic E-state index is -0.378. The molecule has 0 bridgehead atoms. The first-order chi connectivity index (χ1) is 14.7. The van der Waals surface area contributed by atoms with Crippen molar-refractivity contribution in [3.8, 4) is 0 Å². The Kier molecular flexibility index (Phi) is 11.3. The standard InChI is InChI=1S/C28H51NO2/c1-7-8-11-22(6)16-25(30)13-14-26-27-18-23(17-24(27)19-28(26)31)12-9-10-15-29(20(2)3)21(4)5/h13-14,17,20-22,24-28,30-31H,7-12,15-16,18-19H2,1-6H3/b14-13+/t22-,24-,25+,26+,27-,28+/m0/s1. The quantitative estimate of drug-likeness (QED) is 0.248. The van der Waals surface area contributed by atoms with Crippen LogP contribution in [0.2, 0.25) is 0 Å². The summed E-state index contributed by atoms with van der Waals surface area (Å²) in [7, 11) is 0.